The lowest BCUT2D eigenvalue weighted by molar-refractivity contribution is 1.12. The van der Waals surface area contributed by atoms with Gasteiger partial charge in [0, 0.05) is 23.6 Å². The molecule has 5 nitrogen and oxygen atoms in total. The Balaban J connectivity index is 1.83. The van der Waals surface area contributed by atoms with Gasteiger partial charge in [0.05, 0.1) is 0 Å². The largest absolute Gasteiger partial charge is 0.340 e. The maximum Gasteiger partial charge on any atom is 0.230 e. The number of aromatic nitrogens is 3. The first-order valence-electron chi connectivity index (χ1n) is 6.65. The molecule has 0 radical (unpaired) electrons. The first kappa shape index (κ1) is 13.1. The van der Waals surface area contributed by atoms with Crippen molar-refractivity contribution in [3.05, 3.63) is 66.5 Å². The highest BCUT2D eigenvalue weighted by Gasteiger charge is 2.05. The van der Waals surface area contributed by atoms with Gasteiger partial charge < -0.3 is 10.6 Å². The van der Waals surface area contributed by atoms with Crippen LogP contribution in [0.2, 0.25) is 0 Å². The van der Waals surface area contributed by atoms with Crippen LogP contribution in [0.1, 0.15) is 5.56 Å². The number of hydrogen-bond donors (Lipinski definition) is 2. The highest BCUT2D eigenvalue weighted by molar-refractivity contribution is 5.60. The van der Waals surface area contributed by atoms with Crippen LogP contribution in [0.3, 0.4) is 0 Å². The van der Waals surface area contributed by atoms with E-state index in [0.717, 1.165) is 17.1 Å². The molecule has 3 rings (SSSR count). The summed E-state index contributed by atoms with van der Waals surface area (Å²) in [6, 6.07) is 15.6. The van der Waals surface area contributed by atoms with Crippen LogP contribution >= 0.6 is 0 Å². The minimum Gasteiger partial charge on any atom is -0.340 e. The summed E-state index contributed by atoms with van der Waals surface area (Å²) >= 11 is 0. The number of pyridine rings is 1. The van der Waals surface area contributed by atoms with E-state index in [2.05, 4.69) is 25.6 Å². The van der Waals surface area contributed by atoms with Crippen molar-refractivity contribution >= 4 is 23.3 Å². The SMILES string of the molecule is Cc1cnc(Nc2ccccn2)nc1Nc1ccccc1. The molecular formula is C16H15N5. The summed E-state index contributed by atoms with van der Waals surface area (Å²) in [5.41, 5.74) is 1.97. The van der Waals surface area contributed by atoms with Crippen molar-refractivity contribution in [2.24, 2.45) is 0 Å². The van der Waals surface area contributed by atoms with E-state index < -0.39 is 0 Å². The lowest BCUT2D eigenvalue weighted by atomic mass is 10.3. The average Bonchev–Trinajstić information content (AvgIpc) is 2.53. The van der Waals surface area contributed by atoms with Crippen molar-refractivity contribution < 1.29 is 0 Å². The van der Waals surface area contributed by atoms with Gasteiger partial charge in [0.1, 0.15) is 11.6 Å². The average molecular weight is 277 g/mol. The third kappa shape index (κ3) is 3.33. The molecule has 0 aliphatic heterocycles. The van der Waals surface area contributed by atoms with Gasteiger partial charge in [-0.3, -0.25) is 0 Å². The molecule has 0 aliphatic carbocycles. The predicted octanol–water partition coefficient (Wildman–Crippen LogP) is 3.67. The van der Waals surface area contributed by atoms with E-state index >= 15 is 0 Å². The fraction of sp³-hybridized carbons (Fsp3) is 0.0625. The monoisotopic (exact) mass is 277 g/mol. The van der Waals surface area contributed by atoms with Gasteiger partial charge in [0.15, 0.2) is 0 Å². The molecule has 21 heavy (non-hydrogen) atoms. The molecule has 0 spiro atoms. The van der Waals surface area contributed by atoms with E-state index in [-0.39, 0.29) is 0 Å². The van der Waals surface area contributed by atoms with Crippen molar-refractivity contribution in [2.45, 2.75) is 6.92 Å². The van der Waals surface area contributed by atoms with E-state index in [0.29, 0.717) is 11.8 Å². The molecule has 2 aromatic heterocycles. The Bertz CT molecular complexity index is 713. The molecule has 0 saturated carbocycles. The number of nitrogens with one attached hydrogen (secondary N) is 2. The molecule has 0 fully saturated rings. The Morgan fingerprint density at radius 1 is 0.857 bits per heavy atom. The van der Waals surface area contributed by atoms with Gasteiger partial charge in [0.25, 0.3) is 0 Å². The molecule has 1 aromatic carbocycles. The second-order valence-corrected chi connectivity index (χ2v) is 4.56. The minimum absolute atomic E-state index is 0.512. The highest BCUT2D eigenvalue weighted by Crippen LogP contribution is 2.19. The van der Waals surface area contributed by atoms with E-state index in [1.165, 1.54) is 0 Å². The standard InChI is InChI=1S/C16H15N5/c1-12-11-18-16(20-14-9-5-6-10-17-14)21-15(12)19-13-7-3-2-4-8-13/h2-11H,1H3,(H2,17,18,19,20,21). The first-order valence-corrected chi connectivity index (χ1v) is 6.65. The van der Waals surface area contributed by atoms with Crippen molar-refractivity contribution in [1.29, 1.82) is 0 Å². The normalized spacial score (nSPS) is 10.1. The molecule has 104 valence electrons. The Hall–Kier alpha value is -2.95. The van der Waals surface area contributed by atoms with Gasteiger partial charge in [-0.05, 0) is 31.2 Å². The Kier molecular flexibility index (Phi) is 3.73. The molecule has 5 heteroatoms. The summed E-state index contributed by atoms with van der Waals surface area (Å²) in [4.78, 5) is 13.0. The van der Waals surface area contributed by atoms with E-state index in [1.807, 2.05) is 55.5 Å². The van der Waals surface area contributed by atoms with Gasteiger partial charge in [0.2, 0.25) is 5.95 Å². The Morgan fingerprint density at radius 2 is 1.67 bits per heavy atom. The van der Waals surface area contributed by atoms with Gasteiger partial charge in [-0.15, -0.1) is 0 Å². The second-order valence-electron chi connectivity index (χ2n) is 4.56. The highest BCUT2D eigenvalue weighted by atomic mass is 15.2. The van der Waals surface area contributed by atoms with Crippen LogP contribution in [-0.4, -0.2) is 15.0 Å². The zero-order valence-corrected chi connectivity index (χ0v) is 11.6. The van der Waals surface area contributed by atoms with Gasteiger partial charge in [-0.25, -0.2) is 9.97 Å². The number of para-hydroxylation sites is 1. The summed E-state index contributed by atoms with van der Waals surface area (Å²) in [6.45, 7) is 1.97. The van der Waals surface area contributed by atoms with Crippen molar-refractivity contribution in [2.75, 3.05) is 10.6 Å². The van der Waals surface area contributed by atoms with E-state index in [9.17, 15) is 0 Å². The van der Waals surface area contributed by atoms with Crippen LogP contribution in [-0.2, 0) is 0 Å². The van der Waals surface area contributed by atoms with Crippen molar-refractivity contribution in [3.63, 3.8) is 0 Å². The second kappa shape index (κ2) is 6.00. The molecule has 2 N–H and O–H groups in total. The number of aryl methyl sites for hydroxylation is 1. The van der Waals surface area contributed by atoms with Crippen molar-refractivity contribution in [3.8, 4) is 0 Å². The molecule has 0 atom stereocenters. The summed E-state index contributed by atoms with van der Waals surface area (Å²) in [7, 11) is 0. The lowest BCUT2D eigenvalue weighted by Crippen LogP contribution is -2.03. The molecular weight excluding hydrogens is 262 g/mol. The lowest BCUT2D eigenvalue weighted by Gasteiger charge is -2.10. The van der Waals surface area contributed by atoms with Crippen LogP contribution in [0.25, 0.3) is 0 Å². The number of nitrogens with zero attached hydrogens (tertiary/aromatic N) is 3. The summed E-state index contributed by atoms with van der Waals surface area (Å²) in [5, 5.41) is 6.37. The van der Waals surface area contributed by atoms with Crippen LogP contribution in [0.5, 0.6) is 0 Å². The zero-order chi connectivity index (χ0) is 14.5. The third-order valence-corrected chi connectivity index (χ3v) is 2.91. The summed E-state index contributed by atoms with van der Waals surface area (Å²) in [5.74, 6) is 2.00. The van der Waals surface area contributed by atoms with Crippen LogP contribution in [0.15, 0.2) is 60.9 Å². The fourth-order valence-corrected chi connectivity index (χ4v) is 1.84. The van der Waals surface area contributed by atoms with Crippen LogP contribution < -0.4 is 10.6 Å². The number of rotatable bonds is 4. The zero-order valence-electron chi connectivity index (χ0n) is 11.6. The van der Waals surface area contributed by atoms with Gasteiger partial charge in [-0.2, -0.15) is 4.98 Å². The van der Waals surface area contributed by atoms with Crippen molar-refractivity contribution in [1.82, 2.24) is 15.0 Å². The topological polar surface area (TPSA) is 62.7 Å². The van der Waals surface area contributed by atoms with Gasteiger partial charge in [-0.1, -0.05) is 24.3 Å². The molecule has 2 heterocycles. The van der Waals surface area contributed by atoms with E-state index in [4.69, 9.17) is 0 Å². The quantitative estimate of drug-likeness (QED) is 0.762. The van der Waals surface area contributed by atoms with Gasteiger partial charge >= 0.3 is 0 Å². The molecule has 0 amide bonds. The maximum absolute atomic E-state index is 4.49. The first-order chi connectivity index (χ1) is 10.3. The molecule has 0 aliphatic rings. The third-order valence-electron chi connectivity index (χ3n) is 2.91. The smallest absolute Gasteiger partial charge is 0.230 e. The molecule has 0 unspecified atom stereocenters. The Labute approximate surface area is 123 Å². The maximum atomic E-state index is 4.49. The number of hydrogen-bond acceptors (Lipinski definition) is 5. The Morgan fingerprint density at radius 3 is 2.43 bits per heavy atom. The number of anilines is 4. The number of benzene rings is 1. The molecule has 0 saturated heterocycles. The van der Waals surface area contributed by atoms with Crippen LogP contribution in [0, 0.1) is 6.92 Å². The minimum atomic E-state index is 0.512. The van der Waals surface area contributed by atoms with E-state index in [1.54, 1.807) is 12.4 Å². The predicted molar refractivity (Wildman–Crippen MR) is 84.0 cm³/mol. The molecule has 0 bridgehead atoms. The fourth-order valence-electron chi connectivity index (χ4n) is 1.84. The summed E-state index contributed by atoms with van der Waals surface area (Å²) < 4.78 is 0. The van der Waals surface area contributed by atoms with Crippen LogP contribution in [0.4, 0.5) is 23.3 Å². The summed E-state index contributed by atoms with van der Waals surface area (Å²) in [6.07, 6.45) is 3.50. The molecule has 3 aromatic rings.